The van der Waals surface area contributed by atoms with Crippen LogP contribution in [0.25, 0.3) is 0 Å². The summed E-state index contributed by atoms with van der Waals surface area (Å²) in [6, 6.07) is 0. The molecule has 1 spiro atoms. The number of fused-ring (bicyclic) bond motifs is 3. The summed E-state index contributed by atoms with van der Waals surface area (Å²) in [5, 5.41) is 10.4. The fourth-order valence-corrected chi connectivity index (χ4v) is 7.84. The van der Waals surface area contributed by atoms with E-state index in [4.69, 9.17) is 4.74 Å². The molecule has 4 aliphatic rings. The summed E-state index contributed by atoms with van der Waals surface area (Å²) < 4.78 is 5.82. The Morgan fingerprint density at radius 2 is 1.72 bits per heavy atom. The second-order valence-corrected chi connectivity index (χ2v) is 11.1. The lowest BCUT2D eigenvalue weighted by atomic mass is 9.40. The summed E-state index contributed by atoms with van der Waals surface area (Å²) in [4.78, 5) is 25.1. The van der Waals surface area contributed by atoms with Gasteiger partial charge in [-0.1, -0.05) is 32.1 Å². The van der Waals surface area contributed by atoms with Gasteiger partial charge in [-0.25, -0.2) is 4.79 Å². The van der Waals surface area contributed by atoms with Crippen molar-refractivity contribution in [2.75, 3.05) is 0 Å². The van der Waals surface area contributed by atoms with Gasteiger partial charge in [-0.05, 0) is 93.8 Å². The Morgan fingerprint density at radius 1 is 1.03 bits per heavy atom. The largest absolute Gasteiger partial charge is 0.481 e. The molecule has 4 rings (SSSR count). The summed E-state index contributed by atoms with van der Waals surface area (Å²) in [5.41, 5.74) is 0.0349. The zero-order valence-electron chi connectivity index (χ0n) is 18.6. The first kappa shape index (κ1) is 20.7. The molecule has 2 bridgehead atoms. The molecule has 0 aromatic rings. The average Bonchev–Trinajstić information content (AvgIpc) is 2.92. The molecule has 0 saturated heterocycles. The number of rotatable bonds is 3. The molecule has 1 N–H and O–H groups in total. The van der Waals surface area contributed by atoms with E-state index in [9.17, 15) is 14.7 Å². The van der Waals surface area contributed by atoms with Crippen molar-refractivity contribution in [2.24, 2.45) is 33.5 Å². The predicted molar refractivity (Wildman–Crippen MR) is 112 cm³/mol. The highest BCUT2D eigenvalue weighted by Gasteiger charge is 2.67. The van der Waals surface area contributed by atoms with Crippen molar-refractivity contribution in [2.45, 2.75) is 85.7 Å². The quantitative estimate of drug-likeness (QED) is 0.384. The van der Waals surface area contributed by atoms with E-state index in [1.54, 1.807) is 19.9 Å². The van der Waals surface area contributed by atoms with Crippen LogP contribution in [-0.2, 0) is 14.3 Å². The first-order valence-electron chi connectivity index (χ1n) is 11.3. The summed E-state index contributed by atoms with van der Waals surface area (Å²) >= 11 is 0. The molecule has 160 valence electrons. The van der Waals surface area contributed by atoms with Crippen molar-refractivity contribution in [1.29, 1.82) is 0 Å². The molecular weight excluding hydrogens is 364 g/mol. The van der Waals surface area contributed by atoms with Gasteiger partial charge in [0.1, 0.15) is 11.5 Å². The molecule has 29 heavy (non-hydrogen) atoms. The van der Waals surface area contributed by atoms with E-state index in [1.807, 2.05) is 6.92 Å². The smallest absolute Gasteiger partial charge is 0.333 e. The lowest BCUT2D eigenvalue weighted by Gasteiger charge is -2.64. The minimum Gasteiger partial charge on any atom is -0.481 e. The van der Waals surface area contributed by atoms with Crippen LogP contribution in [0.1, 0.15) is 79.6 Å². The Balaban J connectivity index is 1.68. The maximum atomic E-state index is 12.7. The van der Waals surface area contributed by atoms with E-state index in [-0.39, 0.29) is 22.7 Å². The van der Waals surface area contributed by atoms with Crippen molar-refractivity contribution in [3.8, 4) is 0 Å². The van der Waals surface area contributed by atoms with Gasteiger partial charge < -0.3 is 9.84 Å². The molecule has 0 heterocycles. The maximum Gasteiger partial charge on any atom is 0.333 e. The van der Waals surface area contributed by atoms with Crippen LogP contribution in [0.5, 0.6) is 0 Å². The normalized spacial score (nSPS) is 48.6. The van der Waals surface area contributed by atoms with E-state index in [2.05, 4.69) is 26.0 Å². The maximum absolute atomic E-state index is 12.7. The molecule has 3 saturated carbocycles. The van der Waals surface area contributed by atoms with Crippen LogP contribution in [0.4, 0.5) is 0 Å². The highest BCUT2D eigenvalue weighted by Crippen LogP contribution is 2.72. The molecular formula is C25H36O4. The van der Waals surface area contributed by atoms with Gasteiger partial charge in [-0.15, -0.1) is 0 Å². The molecule has 7 unspecified atom stereocenters. The third-order valence-corrected chi connectivity index (χ3v) is 9.54. The fraction of sp³-hybridized carbons (Fsp3) is 0.760. The third-order valence-electron chi connectivity index (χ3n) is 9.54. The third kappa shape index (κ3) is 2.77. The summed E-state index contributed by atoms with van der Waals surface area (Å²) in [5.74, 6) is -0.650. The summed E-state index contributed by atoms with van der Waals surface area (Å²) in [6.07, 6.45) is 13.2. The lowest BCUT2D eigenvalue weighted by molar-refractivity contribution is -0.210. The van der Waals surface area contributed by atoms with Gasteiger partial charge in [0.05, 0.1) is 0 Å². The number of carboxylic acid groups (broad SMARTS) is 1. The van der Waals surface area contributed by atoms with E-state index >= 15 is 0 Å². The van der Waals surface area contributed by atoms with Crippen molar-refractivity contribution in [1.82, 2.24) is 0 Å². The van der Waals surface area contributed by atoms with Gasteiger partial charge in [0, 0.05) is 5.57 Å². The lowest BCUT2D eigenvalue weighted by Crippen LogP contribution is -2.63. The molecule has 4 aliphatic carbocycles. The van der Waals surface area contributed by atoms with Gasteiger partial charge in [0.25, 0.3) is 0 Å². The number of esters is 1. The van der Waals surface area contributed by atoms with Crippen molar-refractivity contribution >= 4 is 11.9 Å². The Bertz CT molecular complexity index is 797. The highest BCUT2D eigenvalue weighted by atomic mass is 16.5. The van der Waals surface area contributed by atoms with Crippen molar-refractivity contribution in [3.05, 3.63) is 23.8 Å². The molecule has 0 aromatic carbocycles. The molecule has 0 aliphatic heterocycles. The highest BCUT2D eigenvalue weighted by molar-refractivity contribution is 5.88. The first-order valence-corrected chi connectivity index (χ1v) is 11.3. The van der Waals surface area contributed by atoms with Crippen LogP contribution in [0.15, 0.2) is 23.8 Å². The number of carboxylic acids is 1. The minimum atomic E-state index is -1.04. The van der Waals surface area contributed by atoms with E-state index in [0.717, 1.165) is 19.3 Å². The van der Waals surface area contributed by atoms with Crippen LogP contribution >= 0.6 is 0 Å². The van der Waals surface area contributed by atoms with Crippen LogP contribution in [0.2, 0.25) is 0 Å². The standard InChI is InChI=1S/C25H36O4/c1-6-16(2)20(26)29-19-9-11-23(4)17(24(19,5)21(27)28)8-12-25-14-13-22(3,15-25)10-7-18(23)25/h6,13-14,17-19H,7-12,15H2,1-5H3,(H,27,28). The van der Waals surface area contributed by atoms with Gasteiger partial charge in [0.2, 0.25) is 0 Å². The van der Waals surface area contributed by atoms with E-state index in [0.29, 0.717) is 23.3 Å². The molecule has 7 atom stereocenters. The molecule has 0 radical (unpaired) electrons. The number of ether oxygens (including phenoxy) is 1. The number of hydrogen-bond acceptors (Lipinski definition) is 3. The SMILES string of the molecule is CC=C(C)C(=O)OC1CCC2(C)C3CCC4(C)C=CC3(CCC2C1(C)C(=O)O)C4. The second-order valence-electron chi connectivity index (χ2n) is 11.1. The zero-order valence-corrected chi connectivity index (χ0v) is 18.6. The number of carbonyl (C=O) groups is 2. The van der Waals surface area contributed by atoms with Gasteiger partial charge in [0.15, 0.2) is 0 Å². The van der Waals surface area contributed by atoms with Crippen LogP contribution < -0.4 is 0 Å². The predicted octanol–water partition coefficient (Wildman–Crippen LogP) is 5.53. The summed E-state index contributed by atoms with van der Waals surface area (Å²) in [6.45, 7) is 10.1. The molecule has 0 amide bonds. The molecule has 3 fully saturated rings. The van der Waals surface area contributed by atoms with Crippen LogP contribution in [0, 0.1) is 33.5 Å². The Morgan fingerprint density at radius 3 is 2.38 bits per heavy atom. The van der Waals surface area contributed by atoms with E-state index < -0.39 is 17.5 Å². The Kier molecular flexibility index (Phi) is 4.61. The fourth-order valence-electron chi connectivity index (χ4n) is 7.84. The van der Waals surface area contributed by atoms with Crippen LogP contribution in [0.3, 0.4) is 0 Å². The monoisotopic (exact) mass is 400 g/mol. The van der Waals surface area contributed by atoms with Crippen LogP contribution in [-0.4, -0.2) is 23.1 Å². The number of hydrogen-bond donors (Lipinski definition) is 1. The average molecular weight is 401 g/mol. The zero-order chi connectivity index (χ0) is 21.2. The summed E-state index contributed by atoms with van der Waals surface area (Å²) in [7, 11) is 0. The van der Waals surface area contributed by atoms with Gasteiger partial charge in [-0.2, -0.15) is 0 Å². The van der Waals surface area contributed by atoms with Crippen molar-refractivity contribution < 1.29 is 19.4 Å². The minimum absolute atomic E-state index is 0.0268. The second kappa shape index (κ2) is 6.46. The van der Waals surface area contributed by atoms with Gasteiger partial charge >= 0.3 is 11.9 Å². The number of carbonyl (C=O) groups excluding carboxylic acids is 1. The van der Waals surface area contributed by atoms with Crippen molar-refractivity contribution in [3.63, 3.8) is 0 Å². The Labute approximate surface area is 174 Å². The number of aliphatic carboxylic acids is 1. The van der Waals surface area contributed by atoms with Gasteiger partial charge in [-0.3, -0.25) is 4.79 Å². The molecule has 4 heteroatoms. The molecule has 0 aromatic heterocycles. The number of allylic oxidation sites excluding steroid dienone is 3. The topological polar surface area (TPSA) is 63.6 Å². The molecule has 4 nitrogen and oxygen atoms in total. The Hall–Kier alpha value is -1.58. The first-order chi connectivity index (χ1) is 13.5. The van der Waals surface area contributed by atoms with E-state index in [1.165, 1.54) is 19.3 Å².